The molecule has 0 saturated carbocycles. The van der Waals surface area contributed by atoms with E-state index in [-0.39, 0.29) is 26.9 Å². The third kappa shape index (κ3) is 7.06. The van der Waals surface area contributed by atoms with Gasteiger partial charge in [0.15, 0.2) is 6.10 Å². The van der Waals surface area contributed by atoms with Gasteiger partial charge in [-0.25, -0.2) is 0 Å². The molecule has 0 aromatic heterocycles. The normalized spacial score (nSPS) is 13.8. The molecule has 32 heavy (non-hydrogen) atoms. The van der Waals surface area contributed by atoms with Gasteiger partial charge in [-0.1, -0.05) is 0 Å². The zero-order valence-corrected chi connectivity index (χ0v) is 23.6. The standard InChI is InChI=1S/C18H24I3N3O8/c1-3-22-16(30)9-11(19)10(18(32)24(2)4-7(27)5-25)13(21)14(12(9)20)23-17(31)15(29)8(28)6-26/h7-8,15,25-29H,3-6H2,1-2H3,(H,22,30)(H,23,31). The van der Waals surface area contributed by atoms with E-state index in [1.54, 1.807) is 6.92 Å². The number of hydrogen-bond acceptors (Lipinski definition) is 8. The number of rotatable bonds is 10. The Morgan fingerprint density at radius 2 is 1.53 bits per heavy atom. The number of amides is 3. The first-order chi connectivity index (χ1) is 14.9. The van der Waals surface area contributed by atoms with E-state index in [2.05, 4.69) is 10.6 Å². The van der Waals surface area contributed by atoms with Crippen LogP contribution in [0.2, 0.25) is 0 Å². The lowest BCUT2D eigenvalue weighted by Crippen LogP contribution is -2.41. The predicted molar refractivity (Wildman–Crippen MR) is 140 cm³/mol. The van der Waals surface area contributed by atoms with Crippen molar-refractivity contribution in [3.05, 3.63) is 21.8 Å². The number of aliphatic hydroxyl groups excluding tert-OH is 5. The van der Waals surface area contributed by atoms with Crippen molar-refractivity contribution in [3.63, 3.8) is 0 Å². The SMILES string of the molecule is CCNC(=O)c1c(I)c(NC(=O)C(O)C(O)CO)c(I)c(C(=O)N(C)CC(O)CO)c1I. The van der Waals surface area contributed by atoms with Crippen LogP contribution in [0.5, 0.6) is 0 Å². The minimum Gasteiger partial charge on any atom is -0.394 e. The van der Waals surface area contributed by atoms with E-state index in [9.17, 15) is 29.7 Å². The highest BCUT2D eigenvalue weighted by Crippen LogP contribution is 2.36. The summed E-state index contributed by atoms with van der Waals surface area (Å²) < 4.78 is 0.876. The smallest absolute Gasteiger partial charge is 0.256 e. The molecule has 0 bridgehead atoms. The van der Waals surface area contributed by atoms with Crippen molar-refractivity contribution in [1.29, 1.82) is 0 Å². The van der Waals surface area contributed by atoms with Crippen LogP contribution >= 0.6 is 67.8 Å². The molecule has 7 N–H and O–H groups in total. The lowest BCUT2D eigenvalue weighted by molar-refractivity contribution is -0.131. The van der Waals surface area contributed by atoms with Gasteiger partial charge in [0.25, 0.3) is 17.7 Å². The van der Waals surface area contributed by atoms with Crippen LogP contribution in [0.25, 0.3) is 0 Å². The summed E-state index contributed by atoms with van der Waals surface area (Å²) in [6.07, 6.45) is -4.83. The second kappa shape index (κ2) is 13.5. The Labute approximate surface area is 225 Å². The van der Waals surface area contributed by atoms with Gasteiger partial charge in [-0.05, 0) is 74.7 Å². The summed E-state index contributed by atoms with van der Waals surface area (Å²) in [4.78, 5) is 39.5. The van der Waals surface area contributed by atoms with Crippen LogP contribution in [0, 0.1) is 10.7 Å². The fourth-order valence-electron chi connectivity index (χ4n) is 2.53. The van der Waals surface area contributed by atoms with Crippen molar-refractivity contribution < 1.29 is 39.9 Å². The number of aliphatic hydroxyl groups is 5. The third-order valence-electron chi connectivity index (χ3n) is 4.21. The Morgan fingerprint density at radius 3 is 2.03 bits per heavy atom. The molecule has 3 unspecified atom stereocenters. The molecule has 11 nitrogen and oxygen atoms in total. The van der Waals surface area contributed by atoms with Gasteiger partial charge < -0.3 is 41.1 Å². The molecule has 1 aromatic carbocycles. The quantitative estimate of drug-likeness (QED) is 0.153. The average Bonchev–Trinajstić information content (AvgIpc) is 2.75. The molecule has 14 heteroatoms. The van der Waals surface area contributed by atoms with Gasteiger partial charge in [-0.15, -0.1) is 0 Å². The molecule has 0 fully saturated rings. The number of nitrogens with one attached hydrogen (secondary N) is 2. The fraction of sp³-hybridized carbons (Fsp3) is 0.500. The summed E-state index contributed by atoms with van der Waals surface area (Å²) in [7, 11) is 1.41. The van der Waals surface area contributed by atoms with Crippen molar-refractivity contribution in [2.45, 2.75) is 25.2 Å². The van der Waals surface area contributed by atoms with E-state index in [1.165, 1.54) is 11.9 Å². The lowest BCUT2D eigenvalue weighted by Gasteiger charge is -2.24. The van der Waals surface area contributed by atoms with E-state index in [4.69, 9.17) is 10.2 Å². The maximum absolute atomic E-state index is 13.2. The van der Waals surface area contributed by atoms with Gasteiger partial charge in [0.2, 0.25) is 0 Å². The Bertz CT molecular complexity index is 871. The summed E-state index contributed by atoms with van der Waals surface area (Å²) in [5.41, 5.74) is 0.273. The van der Waals surface area contributed by atoms with Crippen LogP contribution in [0.4, 0.5) is 5.69 Å². The summed E-state index contributed by atoms with van der Waals surface area (Å²) in [5.74, 6) is -2.09. The van der Waals surface area contributed by atoms with Crippen LogP contribution in [0.3, 0.4) is 0 Å². The molecule has 3 amide bonds. The highest BCUT2D eigenvalue weighted by Gasteiger charge is 2.32. The van der Waals surface area contributed by atoms with Crippen molar-refractivity contribution in [1.82, 2.24) is 10.2 Å². The molecule has 0 aliphatic rings. The van der Waals surface area contributed by atoms with Crippen LogP contribution in [-0.4, -0.2) is 99.8 Å². The fourth-order valence-corrected chi connectivity index (χ4v) is 6.92. The topological polar surface area (TPSA) is 180 Å². The van der Waals surface area contributed by atoms with Gasteiger partial charge in [0.1, 0.15) is 6.10 Å². The van der Waals surface area contributed by atoms with Gasteiger partial charge >= 0.3 is 0 Å². The second-order valence-corrected chi connectivity index (χ2v) is 9.87. The van der Waals surface area contributed by atoms with Crippen LogP contribution in [0.1, 0.15) is 27.6 Å². The minimum absolute atomic E-state index is 0.0708. The Balaban J connectivity index is 3.64. The molecule has 1 aromatic rings. The molecular formula is C18H24I3N3O8. The first-order valence-corrected chi connectivity index (χ1v) is 12.5. The minimum atomic E-state index is -1.94. The number of nitrogens with zero attached hydrogens (tertiary/aromatic N) is 1. The zero-order chi connectivity index (χ0) is 24.7. The number of likely N-dealkylation sites (N-methyl/N-ethyl adjacent to an activating group) is 1. The summed E-state index contributed by atoms with van der Waals surface area (Å²) >= 11 is 5.51. The first-order valence-electron chi connectivity index (χ1n) is 9.23. The largest absolute Gasteiger partial charge is 0.394 e. The van der Waals surface area contributed by atoms with Gasteiger partial charge in [0, 0.05) is 23.7 Å². The number of benzene rings is 1. The highest BCUT2D eigenvalue weighted by molar-refractivity contribution is 14.1. The van der Waals surface area contributed by atoms with E-state index in [1.807, 2.05) is 67.8 Å². The summed E-state index contributed by atoms with van der Waals surface area (Å²) in [5, 5.41) is 52.3. The molecule has 1 rings (SSSR count). The first kappa shape index (κ1) is 29.7. The molecular weight excluding hydrogens is 767 g/mol. The Kier molecular flexibility index (Phi) is 12.5. The Hall–Kier alpha value is -0.380. The summed E-state index contributed by atoms with van der Waals surface area (Å²) in [6.45, 7) is 0.463. The number of hydrogen-bond donors (Lipinski definition) is 7. The maximum Gasteiger partial charge on any atom is 0.256 e. The molecule has 3 atom stereocenters. The monoisotopic (exact) mass is 791 g/mol. The predicted octanol–water partition coefficient (Wildman–Crippen LogP) is -0.672. The van der Waals surface area contributed by atoms with Gasteiger partial charge in [-0.2, -0.15) is 0 Å². The molecule has 0 saturated heterocycles. The van der Waals surface area contributed by atoms with Gasteiger partial charge in [0.05, 0.1) is 43.3 Å². The zero-order valence-electron chi connectivity index (χ0n) is 17.1. The third-order valence-corrected chi connectivity index (χ3v) is 7.44. The lowest BCUT2D eigenvalue weighted by atomic mass is 10.1. The van der Waals surface area contributed by atoms with Crippen LogP contribution in [0.15, 0.2) is 0 Å². The van der Waals surface area contributed by atoms with Gasteiger partial charge in [-0.3, -0.25) is 14.4 Å². The summed E-state index contributed by atoms with van der Waals surface area (Å²) in [6, 6.07) is 0. The number of carbonyl (C=O) groups is 3. The maximum atomic E-state index is 13.2. The van der Waals surface area contributed by atoms with Crippen molar-refractivity contribution in [2.24, 2.45) is 0 Å². The molecule has 0 aliphatic heterocycles. The average molecular weight is 791 g/mol. The van der Waals surface area contributed by atoms with Crippen molar-refractivity contribution in [2.75, 3.05) is 38.7 Å². The number of carbonyl (C=O) groups excluding carboxylic acids is 3. The van der Waals surface area contributed by atoms with Crippen LogP contribution in [-0.2, 0) is 4.79 Å². The molecule has 180 valence electrons. The number of anilines is 1. The van der Waals surface area contributed by atoms with E-state index < -0.39 is 49.2 Å². The van der Waals surface area contributed by atoms with Crippen molar-refractivity contribution in [3.8, 4) is 0 Å². The molecule has 0 radical (unpaired) electrons. The van der Waals surface area contributed by atoms with E-state index in [0.29, 0.717) is 13.7 Å². The molecule has 0 aliphatic carbocycles. The number of halogens is 3. The Morgan fingerprint density at radius 1 is 0.969 bits per heavy atom. The molecule has 0 spiro atoms. The van der Waals surface area contributed by atoms with E-state index in [0.717, 1.165) is 0 Å². The second-order valence-electron chi connectivity index (χ2n) is 6.63. The van der Waals surface area contributed by atoms with Crippen LogP contribution < -0.4 is 10.6 Å². The molecule has 0 heterocycles. The van der Waals surface area contributed by atoms with E-state index >= 15 is 0 Å². The highest BCUT2D eigenvalue weighted by atomic mass is 127. The van der Waals surface area contributed by atoms with Crippen molar-refractivity contribution >= 4 is 91.2 Å².